The van der Waals surface area contributed by atoms with Gasteiger partial charge in [-0.1, -0.05) is 6.07 Å². The SMILES string of the molecule is COc1cccc(NC(=O)CCn2cc(Br)c([N+](=O)[O-])n2)c1. The third-order valence-corrected chi connectivity index (χ3v) is 3.35. The summed E-state index contributed by atoms with van der Waals surface area (Å²) in [7, 11) is 1.55. The molecule has 0 fully saturated rings. The van der Waals surface area contributed by atoms with Gasteiger partial charge in [0.25, 0.3) is 0 Å². The first-order valence-corrected chi connectivity index (χ1v) is 7.10. The van der Waals surface area contributed by atoms with Gasteiger partial charge in [0.15, 0.2) is 0 Å². The third-order valence-electron chi connectivity index (χ3n) is 2.79. The lowest BCUT2D eigenvalue weighted by Crippen LogP contribution is -2.14. The van der Waals surface area contributed by atoms with Gasteiger partial charge in [0.05, 0.1) is 25.0 Å². The van der Waals surface area contributed by atoms with Crippen molar-refractivity contribution in [3.63, 3.8) is 0 Å². The van der Waals surface area contributed by atoms with Crippen molar-refractivity contribution < 1.29 is 14.5 Å². The molecule has 0 aliphatic rings. The van der Waals surface area contributed by atoms with E-state index in [4.69, 9.17) is 4.74 Å². The van der Waals surface area contributed by atoms with Crippen LogP contribution in [0.5, 0.6) is 5.75 Å². The number of halogens is 1. The van der Waals surface area contributed by atoms with Crippen LogP contribution < -0.4 is 10.1 Å². The number of carbonyl (C=O) groups is 1. The Morgan fingerprint density at radius 3 is 2.95 bits per heavy atom. The number of benzene rings is 1. The van der Waals surface area contributed by atoms with E-state index in [0.717, 1.165) is 0 Å². The van der Waals surface area contributed by atoms with Gasteiger partial charge in [-0.25, -0.2) is 0 Å². The fraction of sp³-hybridized carbons (Fsp3) is 0.231. The first kappa shape index (κ1) is 16.0. The number of aromatic nitrogens is 2. The summed E-state index contributed by atoms with van der Waals surface area (Å²) in [6.45, 7) is 0.238. The molecule has 116 valence electrons. The summed E-state index contributed by atoms with van der Waals surface area (Å²) in [6.07, 6.45) is 1.61. The predicted octanol–water partition coefficient (Wildman–Crippen LogP) is 2.59. The lowest BCUT2D eigenvalue weighted by Gasteiger charge is -2.06. The van der Waals surface area contributed by atoms with E-state index in [0.29, 0.717) is 11.4 Å². The van der Waals surface area contributed by atoms with Gasteiger partial charge in [-0.15, -0.1) is 0 Å². The number of methoxy groups -OCH3 is 1. The van der Waals surface area contributed by atoms with Gasteiger partial charge in [-0.3, -0.25) is 4.79 Å². The maximum Gasteiger partial charge on any atom is 0.404 e. The van der Waals surface area contributed by atoms with Gasteiger partial charge in [0.2, 0.25) is 5.91 Å². The number of rotatable bonds is 6. The van der Waals surface area contributed by atoms with Crippen molar-refractivity contribution in [1.82, 2.24) is 9.78 Å². The molecule has 0 bridgehead atoms. The van der Waals surface area contributed by atoms with Gasteiger partial charge in [0.1, 0.15) is 10.2 Å². The molecule has 0 spiro atoms. The summed E-state index contributed by atoms with van der Waals surface area (Å²) in [5.41, 5.74) is 0.622. The van der Waals surface area contributed by atoms with E-state index in [1.54, 1.807) is 31.4 Å². The van der Waals surface area contributed by atoms with Crippen LogP contribution in [0.25, 0.3) is 0 Å². The Balaban J connectivity index is 1.92. The highest BCUT2D eigenvalue weighted by molar-refractivity contribution is 9.10. The Bertz CT molecular complexity index is 701. The fourth-order valence-electron chi connectivity index (χ4n) is 1.77. The molecule has 1 N–H and O–H groups in total. The summed E-state index contributed by atoms with van der Waals surface area (Å²) in [4.78, 5) is 22.0. The predicted molar refractivity (Wildman–Crippen MR) is 82.8 cm³/mol. The molecule has 0 atom stereocenters. The molecule has 0 unspecified atom stereocenters. The lowest BCUT2D eigenvalue weighted by molar-refractivity contribution is -0.390. The van der Waals surface area contributed by atoms with Crippen LogP contribution in [0.1, 0.15) is 6.42 Å². The van der Waals surface area contributed by atoms with E-state index < -0.39 is 4.92 Å². The number of ether oxygens (including phenoxy) is 1. The zero-order valence-corrected chi connectivity index (χ0v) is 13.2. The highest BCUT2D eigenvalue weighted by Gasteiger charge is 2.18. The number of hydrogen-bond donors (Lipinski definition) is 1. The second-order valence-electron chi connectivity index (χ2n) is 4.35. The average molecular weight is 369 g/mol. The first-order chi connectivity index (χ1) is 10.5. The summed E-state index contributed by atoms with van der Waals surface area (Å²) >= 11 is 3.05. The molecule has 0 saturated carbocycles. The Morgan fingerprint density at radius 1 is 1.55 bits per heavy atom. The summed E-state index contributed by atoms with van der Waals surface area (Å²) < 4.78 is 6.71. The van der Waals surface area contributed by atoms with Crippen molar-refractivity contribution in [3.8, 4) is 5.75 Å². The van der Waals surface area contributed by atoms with E-state index in [1.165, 1.54) is 10.9 Å². The topological polar surface area (TPSA) is 99.3 Å². The summed E-state index contributed by atoms with van der Waals surface area (Å²) in [5.74, 6) is 0.153. The minimum atomic E-state index is -0.586. The first-order valence-electron chi connectivity index (χ1n) is 6.31. The number of hydrogen-bond acceptors (Lipinski definition) is 5. The number of nitrogens with one attached hydrogen (secondary N) is 1. The van der Waals surface area contributed by atoms with E-state index >= 15 is 0 Å². The maximum atomic E-state index is 11.9. The Labute approximate surface area is 134 Å². The highest BCUT2D eigenvalue weighted by atomic mass is 79.9. The number of amides is 1. The van der Waals surface area contributed by atoms with E-state index in [-0.39, 0.29) is 29.2 Å². The highest BCUT2D eigenvalue weighted by Crippen LogP contribution is 2.22. The van der Waals surface area contributed by atoms with E-state index in [9.17, 15) is 14.9 Å². The van der Waals surface area contributed by atoms with Gasteiger partial charge in [-0.2, -0.15) is 4.68 Å². The molecule has 2 aromatic rings. The maximum absolute atomic E-state index is 11.9. The van der Waals surface area contributed by atoms with Crippen LogP contribution in [0.3, 0.4) is 0 Å². The zero-order valence-electron chi connectivity index (χ0n) is 11.7. The average Bonchev–Trinajstić information content (AvgIpc) is 2.86. The molecule has 1 heterocycles. The fourth-order valence-corrected chi connectivity index (χ4v) is 2.23. The number of carbonyl (C=O) groups excluding carboxylic acids is 1. The number of nitrogens with zero attached hydrogens (tertiary/aromatic N) is 3. The molecule has 1 aromatic heterocycles. The molecular formula is C13H13BrN4O4. The van der Waals surface area contributed by atoms with Crippen LogP contribution >= 0.6 is 15.9 Å². The standard InChI is InChI=1S/C13H13BrN4O4/c1-22-10-4-2-3-9(7-10)15-12(19)5-6-17-8-11(14)13(16-17)18(20)21/h2-4,7-8H,5-6H2,1H3,(H,15,19). The van der Waals surface area contributed by atoms with Crippen molar-refractivity contribution in [1.29, 1.82) is 0 Å². The lowest BCUT2D eigenvalue weighted by atomic mass is 10.3. The molecule has 2 rings (SSSR count). The largest absolute Gasteiger partial charge is 0.497 e. The van der Waals surface area contributed by atoms with E-state index in [2.05, 4.69) is 26.3 Å². The van der Waals surface area contributed by atoms with Gasteiger partial charge in [0, 0.05) is 18.2 Å². The van der Waals surface area contributed by atoms with Crippen molar-refractivity contribution >= 4 is 33.3 Å². The molecule has 8 nitrogen and oxygen atoms in total. The molecule has 1 amide bonds. The van der Waals surface area contributed by atoms with Gasteiger partial charge in [-0.05, 0) is 33.0 Å². The van der Waals surface area contributed by atoms with Crippen molar-refractivity contribution in [3.05, 3.63) is 45.0 Å². The number of nitro groups is 1. The van der Waals surface area contributed by atoms with Crippen LogP contribution in [0, 0.1) is 10.1 Å². The monoisotopic (exact) mass is 368 g/mol. The molecule has 9 heteroatoms. The Morgan fingerprint density at radius 2 is 2.32 bits per heavy atom. The molecule has 0 radical (unpaired) electrons. The smallest absolute Gasteiger partial charge is 0.404 e. The Hall–Kier alpha value is -2.42. The van der Waals surface area contributed by atoms with Crippen LogP contribution in [-0.2, 0) is 11.3 Å². The quantitative estimate of drug-likeness (QED) is 0.623. The van der Waals surface area contributed by atoms with Crippen LogP contribution in [0.15, 0.2) is 34.9 Å². The van der Waals surface area contributed by atoms with Crippen LogP contribution in [-0.4, -0.2) is 27.7 Å². The molecular weight excluding hydrogens is 356 g/mol. The second-order valence-corrected chi connectivity index (χ2v) is 5.21. The molecule has 1 aromatic carbocycles. The van der Waals surface area contributed by atoms with Crippen molar-refractivity contribution in [2.24, 2.45) is 0 Å². The minimum Gasteiger partial charge on any atom is -0.497 e. The van der Waals surface area contributed by atoms with Crippen LogP contribution in [0.2, 0.25) is 0 Å². The van der Waals surface area contributed by atoms with Gasteiger partial charge >= 0.3 is 5.82 Å². The number of anilines is 1. The molecule has 0 saturated heterocycles. The van der Waals surface area contributed by atoms with Gasteiger partial charge < -0.3 is 20.2 Å². The zero-order chi connectivity index (χ0) is 16.1. The van der Waals surface area contributed by atoms with E-state index in [1.807, 2.05) is 0 Å². The normalized spacial score (nSPS) is 10.3. The number of aryl methyl sites for hydroxylation is 1. The second kappa shape index (κ2) is 7.03. The molecule has 0 aliphatic heterocycles. The molecule has 0 aliphatic carbocycles. The molecule has 22 heavy (non-hydrogen) atoms. The van der Waals surface area contributed by atoms with Crippen molar-refractivity contribution in [2.75, 3.05) is 12.4 Å². The minimum absolute atomic E-state index is 0.141. The summed E-state index contributed by atoms with van der Waals surface area (Å²) in [5, 5.41) is 17.2. The Kier molecular flexibility index (Phi) is 5.10. The summed E-state index contributed by atoms with van der Waals surface area (Å²) in [6, 6.07) is 6.99. The van der Waals surface area contributed by atoms with Crippen molar-refractivity contribution in [2.45, 2.75) is 13.0 Å². The third kappa shape index (κ3) is 4.04. The van der Waals surface area contributed by atoms with Crippen LogP contribution in [0.4, 0.5) is 11.5 Å².